The molecule has 21 heavy (non-hydrogen) atoms. The summed E-state index contributed by atoms with van der Waals surface area (Å²) in [7, 11) is 0. The number of carbonyl (C=O) groups excluding carboxylic acids is 1. The lowest BCUT2D eigenvalue weighted by Gasteiger charge is -2.02. The number of carbonyl (C=O) groups is 1. The molecule has 1 aromatic carbocycles. The average Bonchev–Trinajstić information content (AvgIpc) is 3.31. The van der Waals surface area contributed by atoms with Crippen molar-refractivity contribution in [3.8, 4) is 11.8 Å². The van der Waals surface area contributed by atoms with Crippen LogP contribution >= 0.6 is 0 Å². The second-order valence-electron chi connectivity index (χ2n) is 5.05. The van der Waals surface area contributed by atoms with Crippen molar-refractivity contribution >= 4 is 11.6 Å². The average molecular weight is 277 g/mol. The maximum atomic E-state index is 12.0. The zero-order valence-electron chi connectivity index (χ0n) is 11.5. The predicted molar refractivity (Wildman–Crippen MR) is 81.6 cm³/mol. The van der Waals surface area contributed by atoms with E-state index in [0.717, 1.165) is 18.4 Å². The molecule has 3 N–H and O–H groups in total. The van der Waals surface area contributed by atoms with Crippen molar-refractivity contribution in [3.05, 3.63) is 59.4 Å². The SMILES string of the molecule is Nc1ccc(C#Cc2cc(C(=O)NC3CC3)ccn2)cc1. The van der Waals surface area contributed by atoms with Gasteiger partial charge in [0, 0.05) is 29.1 Å². The van der Waals surface area contributed by atoms with Crippen molar-refractivity contribution in [2.75, 3.05) is 5.73 Å². The highest BCUT2D eigenvalue weighted by Gasteiger charge is 2.23. The van der Waals surface area contributed by atoms with Gasteiger partial charge >= 0.3 is 0 Å². The van der Waals surface area contributed by atoms with Gasteiger partial charge in [-0.3, -0.25) is 4.79 Å². The molecule has 0 atom stereocenters. The molecular formula is C17H15N3O. The van der Waals surface area contributed by atoms with Crippen molar-refractivity contribution < 1.29 is 4.79 Å². The number of aromatic nitrogens is 1. The summed E-state index contributed by atoms with van der Waals surface area (Å²) in [6.45, 7) is 0. The lowest BCUT2D eigenvalue weighted by atomic mass is 10.2. The fraction of sp³-hybridized carbons (Fsp3) is 0.176. The Kier molecular flexibility index (Phi) is 3.57. The van der Waals surface area contributed by atoms with Crippen LogP contribution in [0.1, 0.15) is 34.5 Å². The van der Waals surface area contributed by atoms with E-state index in [1.165, 1.54) is 0 Å². The second kappa shape index (κ2) is 5.68. The van der Waals surface area contributed by atoms with Crippen LogP contribution in [0.5, 0.6) is 0 Å². The van der Waals surface area contributed by atoms with E-state index in [9.17, 15) is 4.79 Å². The Morgan fingerprint density at radius 2 is 1.95 bits per heavy atom. The summed E-state index contributed by atoms with van der Waals surface area (Å²) in [5, 5.41) is 2.95. The molecule has 1 aliphatic rings. The Hall–Kier alpha value is -2.80. The van der Waals surface area contributed by atoms with Crippen LogP contribution in [0, 0.1) is 11.8 Å². The van der Waals surface area contributed by atoms with Gasteiger partial charge in [0.2, 0.25) is 0 Å². The Morgan fingerprint density at radius 1 is 1.19 bits per heavy atom. The van der Waals surface area contributed by atoms with Crippen LogP contribution in [0.25, 0.3) is 0 Å². The van der Waals surface area contributed by atoms with Gasteiger partial charge in [0.05, 0.1) is 0 Å². The van der Waals surface area contributed by atoms with E-state index in [0.29, 0.717) is 23.0 Å². The van der Waals surface area contributed by atoms with Crippen molar-refractivity contribution in [1.82, 2.24) is 10.3 Å². The van der Waals surface area contributed by atoms with Crippen LogP contribution < -0.4 is 11.1 Å². The summed E-state index contributed by atoms with van der Waals surface area (Å²) in [6, 6.07) is 11.1. The number of amides is 1. The van der Waals surface area contributed by atoms with Gasteiger partial charge in [0.25, 0.3) is 5.91 Å². The molecule has 1 heterocycles. The number of pyridine rings is 1. The minimum atomic E-state index is -0.0598. The Morgan fingerprint density at radius 3 is 2.67 bits per heavy atom. The molecule has 4 heteroatoms. The summed E-state index contributed by atoms with van der Waals surface area (Å²) < 4.78 is 0. The van der Waals surface area contributed by atoms with Gasteiger partial charge in [-0.15, -0.1) is 0 Å². The van der Waals surface area contributed by atoms with Crippen LogP contribution in [0.15, 0.2) is 42.6 Å². The maximum absolute atomic E-state index is 12.0. The van der Waals surface area contributed by atoms with E-state index in [2.05, 4.69) is 22.1 Å². The first-order chi connectivity index (χ1) is 10.2. The van der Waals surface area contributed by atoms with Gasteiger partial charge in [0.15, 0.2) is 0 Å². The van der Waals surface area contributed by atoms with Crippen molar-refractivity contribution in [1.29, 1.82) is 0 Å². The standard InChI is InChI=1S/C17H15N3O/c18-14-4-1-12(2-5-14)3-6-16-11-13(9-10-19-16)17(21)20-15-7-8-15/h1-2,4-5,9-11,15H,7-8,18H2,(H,20,21). The predicted octanol–water partition coefficient (Wildman–Crippen LogP) is 1.96. The first-order valence-corrected chi connectivity index (χ1v) is 6.85. The number of nitrogens with two attached hydrogens (primary N) is 1. The van der Waals surface area contributed by atoms with E-state index in [1.54, 1.807) is 30.5 Å². The Labute approximate surface area is 123 Å². The molecule has 0 bridgehead atoms. The molecule has 1 fully saturated rings. The molecule has 104 valence electrons. The van der Waals surface area contributed by atoms with Crippen LogP contribution in [0.4, 0.5) is 5.69 Å². The van der Waals surface area contributed by atoms with E-state index < -0.39 is 0 Å². The zero-order valence-corrected chi connectivity index (χ0v) is 11.5. The van der Waals surface area contributed by atoms with Gasteiger partial charge < -0.3 is 11.1 Å². The molecule has 0 saturated heterocycles. The molecule has 1 saturated carbocycles. The quantitative estimate of drug-likeness (QED) is 0.651. The van der Waals surface area contributed by atoms with Crippen LogP contribution in [-0.4, -0.2) is 16.9 Å². The lowest BCUT2D eigenvalue weighted by molar-refractivity contribution is 0.0951. The highest BCUT2D eigenvalue weighted by atomic mass is 16.1. The fourth-order valence-corrected chi connectivity index (χ4v) is 1.84. The summed E-state index contributed by atoms with van der Waals surface area (Å²) in [5.41, 5.74) is 8.37. The van der Waals surface area contributed by atoms with E-state index in [4.69, 9.17) is 5.73 Å². The molecule has 1 aliphatic carbocycles. The number of nitrogen functional groups attached to an aromatic ring is 1. The lowest BCUT2D eigenvalue weighted by Crippen LogP contribution is -2.25. The second-order valence-corrected chi connectivity index (χ2v) is 5.05. The highest BCUT2D eigenvalue weighted by molar-refractivity contribution is 5.94. The number of nitrogens with zero attached hydrogens (tertiary/aromatic N) is 1. The van der Waals surface area contributed by atoms with E-state index in [1.807, 2.05) is 12.1 Å². The topological polar surface area (TPSA) is 68.0 Å². The van der Waals surface area contributed by atoms with Gasteiger partial charge in [-0.1, -0.05) is 5.92 Å². The number of anilines is 1. The third kappa shape index (κ3) is 3.61. The van der Waals surface area contributed by atoms with Crippen molar-refractivity contribution in [2.45, 2.75) is 18.9 Å². The van der Waals surface area contributed by atoms with Crippen LogP contribution in [0.2, 0.25) is 0 Å². The minimum Gasteiger partial charge on any atom is -0.399 e. The Balaban J connectivity index is 1.76. The molecular weight excluding hydrogens is 262 g/mol. The molecule has 4 nitrogen and oxygen atoms in total. The number of rotatable bonds is 2. The maximum Gasteiger partial charge on any atom is 0.251 e. The summed E-state index contributed by atoms with van der Waals surface area (Å²) in [5.74, 6) is 5.91. The first kappa shape index (κ1) is 13.2. The van der Waals surface area contributed by atoms with E-state index in [-0.39, 0.29) is 5.91 Å². The number of benzene rings is 1. The van der Waals surface area contributed by atoms with Crippen LogP contribution in [-0.2, 0) is 0 Å². The summed E-state index contributed by atoms with van der Waals surface area (Å²) in [6.07, 6.45) is 3.75. The molecule has 0 radical (unpaired) electrons. The van der Waals surface area contributed by atoms with Gasteiger partial charge in [-0.05, 0) is 55.2 Å². The van der Waals surface area contributed by atoms with Gasteiger partial charge in [-0.2, -0.15) is 0 Å². The normalized spacial score (nSPS) is 13.1. The Bertz CT molecular complexity index is 722. The molecule has 2 aromatic rings. The number of hydrogen-bond donors (Lipinski definition) is 2. The smallest absolute Gasteiger partial charge is 0.251 e. The largest absolute Gasteiger partial charge is 0.399 e. The van der Waals surface area contributed by atoms with Crippen molar-refractivity contribution in [2.24, 2.45) is 0 Å². The minimum absolute atomic E-state index is 0.0598. The molecule has 0 spiro atoms. The number of hydrogen-bond acceptors (Lipinski definition) is 3. The van der Waals surface area contributed by atoms with Gasteiger partial charge in [0.1, 0.15) is 5.69 Å². The summed E-state index contributed by atoms with van der Waals surface area (Å²) >= 11 is 0. The zero-order chi connectivity index (χ0) is 14.7. The monoisotopic (exact) mass is 277 g/mol. The molecule has 0 unspecified atom stereocenters. The third-order valence-corrected chi connectivity index (χ3v) is 3.18. The molecule has 1 amide bonds. The van der Waals surface area contributed by atoms with Crippen LogP contribution in [0.3, 0.4) is 0 Å². The van der Waals surface area contributed by atoms with Crippen molar-refractivity contribution in [3.63, 3.8) is 0 Å². The van der Waals surface area contributed by atoms with E-state index >= 15 is 0 Å². The molecule has 1 aromatic heterocycles. The molecule has 0 aliphatic heterocycles. The fourth-order valence-electron chi connectivity index (χ4n) is 1.84. The highest BCUT2D eigenvalue weighted by Crippen LogP contribution is 2.19. The third-order valence-electron chi connectivity index (χ3n) is 3.18. The number of nitrogens with one attached hydrogen (secondary N) is 1. The first-order valence-electron chi connectivity index (χ1n) is 6.85. The van der Waals surface area contributed by atoms with Gasteiger partial charge in [-0.25, -0.2) is 4.98 Å². The summed E-state index contributed by atoms with van der Waals surface area (Å²) in [4.78, 5) is 16.1. The molecule has 3 rings (SSSR count).